The molecule has 0 aliphatic rings. The third-order valence-electron chi connectivity index (χ3n) is 1.66. The Morgan fingerprint density at radius 1 is 1.23 bits per heavy atom. The van der Waals surface area contributed by atoms with Crippen LogP contribution in [0.15, 0.2) is 30.7 Å². The molecular formula is C8H9ClN4. The van der Waals surface area contributed by atoms with Gasteiger partial charge in [-0.2, -0.15) is 5.10 Å². The van der Waals surface area contributed by atoms with Gasteiger partial charge in [0.1, 0.15) is 5.82 Å². The Morgan fingerprint density at radius 2 is 1.92 bits per heavy atom. The summed E-state index contributed by atoms with van der Waals surface area (Å²) in [6, 6.07) is 3.78. The van der Waals surface area contributed by atoms with Gasteiger partial charge >= 0.3 is 0 Å². The van der Waals surface area contributed by atoms with Crippen molar-refractivity contribution < 1.29 is 0 Å². The van der Waals surface area contributed by atoms with Crippen LogP contribution in [0.1, 0.15) is 0 Å². The van der Waals surface area contributed by atoms with E-state index in [1.54, 1.807) is 18.6 Å². The van der Waals surface area contributed by atoms with Gasteiger partial charge in [-0.1, -0.05) is 0 Å². The second kappa shape index (κ2) is 3.91. The maximum Gasteiger partial charge on any atom is 0.126 e. The van der Waals surface area contributed by atoms with Crippen LogP contribution in [0.4, 0.5) is 5.82 Å². The van der Waals surface area contributed by atoms with E-state index in [1.807, 2.05) is 12.1 Å². The highest BCUT2D eigenvalue weighted by molar-refractivity contribution is 5.85. The normalized spacial score (nSPS) is 9.23. The van der Waals surface area contributed by atoms with Crippen LogP contribution in [-0.2, 0) is 0 Å². The van der Waals surface area contributed by atoms with Crippen LogP contribution in [0, 0.1) is 0 Å². The summed E-state index contributed by atoms with van der Waals surface area (Å²) in [6.07, 6.45) is 5.15. The fourth-order valence-electron chi connectivity index (χ4n) is 1.06. The van der Waals surface area contributed by atoms with E-state index in [0.717, 1.165) is 11.1 Å². The van der Waals surface area contributed by atoms with Crippen molar-refractivity contribution in [3.63, 3.8) is 0 Å². The molecule has 0 saturated heterocycles. The molecule has 2 aromatic heterocycles. The van der Waals surface area contributed by atoms with Gasteiger partial charge in [0.15, 0.2) is 0 Å². The molecule has 0 aliphatic heterocycles. The van der Waals surface area contributed by atoms with E-state index < -0.39 is 0 Å². The summed E-state index contributed by atoms with van der Waals surface area (Å²) in [7, 11) is 0. The lowest BCUT2D eigenvalue weighted by Gasteiger charge is -1.95. The van der Waals surface area contributed by atoms with Gasteiger partial charge in [0.25, 0.3) is 0 Å². The van der Waals surface area contributed by atoms with Crippen LogP contribution in [-0.4, -0.2) is 15.2 Å². The molecule has 4 nitrogen and oxygen atoms in total. The smallest absolute Gasteiger partial charge is 0.126 e. The van der Waals surface area contributed by atoms with E-state index in [2.05, 4.69) is 15.2 Å². The first-order valence-corrected chi connectivity index (χ1v) is 3.57. The summed E-state index contributed by atoms with van der Waals surface area (Å²) in [6.45, 7) is 0. The van der Waals surface area contributed by atoms with Crippen LogP contribution in [0.3, 0.4) is 0 Å². The molecule has 0 bridgehead atoms. The summed E-state index contributed by atoms with van der Waals surface area (Å²) in [5, 5.41) is 6.50. The van der Waals surface area contributed by atoms with Gasteiger partial charge in [-0.3, -0.25) is 10.1 Å². The first-order chi connectivity index (χ1) is 5.88. The minimum absolute atomic E-state index is 0. The first kappa shape index (κ1) is 9.54. The molecule has 0 saturated carbocycles. The lowest BCUT2D eigenvalue weighted by atomic mass is 10.1. The fourth-order valence-corrected chi connectivity index (χ4v) is 1.06. The number of H-pyrrole nitrogens is 1. The third-order valence-corrected chi connectivity index (χ3v) is 1.66. The highest BCUT2D eigenvalue weighted by Crippen LogP contribution is 2.21. The molecule has 0 unspecified atom stereocenters. The largest absolute Gasteiger partial charge is 0.384 e. The Labute approximate surface area is 81.6 Å². The van der Waals surface area contributed by atoms with Crippen LogP contribution in [0.5, 0.6) is 0 Å². The summed E-state index contributed by atoms with van der Waals surface area (Å²) in [4.78, 5) is 3.91. The average Bonchev–Trinajstić information content (AvgIpc) is 2.53. The number of nitrogens with two attached hydrogens (primary N) is 1. The van der Waals surface area contributed by atoms with Gasteiger partial charge < -0.3 is 5.73 Å². The van der Waals surface area contributed by atoms with Crippen LogP contribution in [0.2, 0.25) is 0 Å². The van der Waals surface area contributed by atoms with Crippen molar-refractivity contribution in [2.75, 3.05) is 5.73 Å². The van der Waals surface area contributed by atoms with Gasteiger partial charge in [0.05, 0.1) is 6.20 Å². The number of nitrogen functional groups attached to an aromatic ring is 1. The molecule has 13 heavy (non-hydrogen) atoms. The fraction of sp³-hybridized carbons (Fsp3) is 0. The zero-order chi connectivity index (χ0) is 8.39. The monoisotopic (exact) mass is 196 g/mol. The van der Waals surface area contributed by atoms with Crippen LogP contribution >= 0.6 is 12.4 Å². The Hall–Kier alpha value is -1.55. The molecule has 68 valence electrons. The van der Waals surface area contributed by atoms with E-state index in [4.69, 9.17) is 5.73 Å². The Bertz CT molecular complexity index is 371. The van der Waals surface area contributed by atoms with E-state index in [9.17, 15) is 0 Å². The zero-order valence-corrected chi connectivity index (χ0v) is 7.58. The molecule has 0 aromatic carbocycles. The van der Waals surface area contributed by atoms with Gasteiger partial charge in [-0.15, -0.1) is 12.4 Å². The number of hydrogen-bond acceptors (Lipinski definition) is 3. The molecule has 0 radical (unpaired) electrons. The number of aromatic nitrogens is 3. The SMILES string of the molecule is Cl.Nc1[nH]ncc1-c1ccncc1. The second-order valence-corrected chi connectivity index (χ2v) is 2.43. The van der Waals surface area contributed by atoms with Gasteiger partial charge in [0.2, 0.25) is 0 Å². The highest BCUT2D eigenvalue weighted by atomic mass is 35.5. The van der Waals surface area contributed by atoms with E-state index in [1.165, 1.54) is 0 Å². The standard InChI is InChI=1S/C8H8N4.ClH/c9-8-7(5-11-12-8)6-1-3-10-4-2-6;/h1-5H,(H3,9,11,12);1H. The van der Waals surface area contributed by atoms with E-state index in [-0.39, 0.29) is 12.4 Å². The van der Waals surface area contributed by atoms with Crippen molar-refractivity contribution in [2.45, 2.75) is 0 Å². The minimum Gasteiger partial charge on any atom is -0.384 e. The molecule has 2 aromatic rings. The minimum atomic E-state index is 0. The summed E-state index contributed by atoms with van der Waals surface area (Å²) in [5.41, 5.74) is 7.57. The summed E-state index contributed by atoms with van der Waals surface area (Å²) < 4.78 is 0. The maximum absolute atomic E-state index is 5.63. The predicted molar refractivity (Wildman–Crippen MR) is 53.5 cm³/mol. The highest BCUT2D eigenvalue weighted by Gasteiger charge is 2.02. The summed E-state index contributed by atoms with van der Waals surface area (Å²) in [5.74, 6) is 0.584. The number of aromatic amines is 1. The molecule has 0 atom stereocenters. The molecule has 0 amide bonds. The molecule has 3 N–H and O–H groups in total. The van der Waals surface area contributed by atoms with Gasteiger partial charge in [-0.25, -0.2) is 0 Å². The lowest BCUT2D eigenvalue weighted by Crippen LogP contribution is -1.87. The first-order valence-electron chi connectivity index (χ1n) is 3.57. The molecule has 0 fully saturated rings. The Morgan fingerprint density at radius 3 is 2.46 bits per heavy atom. The van der Waals surface area contributed by atoms with Crippen molar-refractivity contribution in [3.05, 3.63) is 30.7 Å². The maximum atomic E-state index is 5.63. The summed E-state index contributed by atoms with van der Waals surface area (Å²) >= 11 is 0. The van der Waals surface area contributed by atoms with Crippen molar-refractivity contribution in [1.82, 2.24) is 15.2 Å². The molecular weight excluding hydrogens is 188 g/mol. The zero-order valence-electron chi connectivity index (χ0n) is 6.77. The van der Waals surface area contributed by atoms with Crippen molar-refractivity contribution >= 4 is 18.2 Å². The number of pyridine rings is 1. The number of nitrogens with one attached hydrogen (secondary N) is 1. The van der Waals surface area contributed by atoms with Gasteiger partial charge in [-0.05, 0) is 17.7 Å². The molecule has 0 spiro atoms. The van der Waals surface area contributed by atoms with Gasteiger partial charge in [0, 0.05) is 18.0 Å². The van der Waals surface area contributed by atoms with Crippen molar-refractivity contribution in [2.24, 2.45) is 0 Å². The van der Waals surface area contributed by atoms with Crippen LogP contribution in [0.25, 0.3) is 11.1 Å². The van der Waals surface area contributed by atoms with Crippen molar-refractivity contribution in [1.29, 1.82) is 0 Å². The predicted octanol–water partition coefficient (Wildman–Crippen LogP) is 1.48. The van der Waals surface area contributed by atoms with E-state index >= 15 is 0 Å². The number of rotatable bonds is 1. The van der Waals surface area contributed by atoms with Crippen molar-refractivity contribution in [3.8, 4) is 11.1 Å². The number of halogens is 1. The second-order valence-electron chi connectivity index (χ2n) is 2.43. The van der Waals surface area contributed by atoms with E-state index in [0.29, 0.717) is 5.82 Å². The topological polar surface area (TPSA) is 67.6 Å². The Balaban J connectivity index is 0.000000845. The third kappa shape index (κ3) is 1.78. The molecule has 0 aliphatic carbocycles. The molecule has 2 heterocycles. The Kier molecular flexibility index (Phi) is 2.87. The average molecular weight is 197 g/mol. The molecule has 5 heteroatoms. The van der Waals surface area contributed by atoms with Crippen LogP contribution < -0.4 is 5.73 Å². The number of nitrogens with zero attached hydrogens (tertiary/aromatic N) is 2. The quantitative estimate of drug-likeness (QED) is 0.726. The number of hydrogen-bond donors (Lipinski definition) is 2. The number of anilines is 1. The molecule has 2 rings (SSSR count). The lowest BCUT2D eigenvalue weighted by molar-refractivity contribution is 1.10.